The molecule has 1 saturated heterocycles. The van der Waals surface area contributed by atoms with E-state index in [2.05, 4.69) is 34.7 Å². The molecule has 1 aromatic heterocycles. The zero-order valence-electron chi connectivity index (χ0n) is 16.8. The summed E-state index contributed by atoms with van der Waals surface area (Å²) in [6.07, 6.45) is 1.20. The van der Waals surface area contributed by atoms with Crippen molar-refractivity contribution in [3.8, 4) is 0 Å². The number of carbonyl (C=O) groups is 2. The van der Waals surface area contributed by atoms with Gasteiger partial charge in [-0.2, -0.15) is 0 Å². The van der Waals surface area contributed by atoms with Gasteiger partial charge in [-0.1, -0.05) is 55.5 Å². The summed E-state index contributed by atoms with van der Waals surface area (Å²) in [6, 6.07) is 8.64. The van der Waals surface area contributed by atoms with Gasteiger partial charge < -0.3 is 15.0 Å². The molecule has 2 aromatic rings. The molecule has 2 N–H and O–H groups in total. The minimum absolute atomic E-state index is 0.262. The third kappa shape index (κ3) is 6.50. The van der Waals surface area contributed by atoms with Crippen LogP contribution in [0.25, 0.3) is 0 Å². The summed E-state index contributed by atoms with van der Waals surface area (Å²) in [5, 5.41) is 15.2. The van der Waals surface area contributed by atoms with Crippen LogP contribution in [0.1, 0.15) is 24.4 Å². The molecule has 29 heavy (non-hydrogen) atoms. The summed E-state index contributed by atoms with van der Waals surface area (Å²) < 4.78 is 5.29. The number of hydrogen-bond acceptors (Lipinski definition) is 6. The molecule has 0 radical (unpaired) electrons. The smallest absolute Gasteiger partial charge is 0.318 e. The number of nitrogens with one attached hydrogen (secondary N) is 2. The van der Waals surface area contributed by atoms with Gasteiger partial charge in [-0.25, -0.2) is 4.79 Å². The highest BCUT2D eigenvalue weighted by molar-refractivity contribution is 7.15. The number of ether oxygens (including phenoxy) is 1. The van der Waals surface area contributed by atoms with E-state index in [0.717, 1.165) is 17.0 Å². The van der Waals surface area contributed by atoms with Gasteiger partial charge in [0.1, 0.15) is 11.0 Å². The molecule has 3 amide bonds. The zero-order chi connectivity index (χ0) is 20.6. The van der Waals surface area contributed by atoms with Crippen molar-refractivity contribution in [1.29, 1.82) is 0 Å². The maximum Gasteiger partial charge on any atom is 0.318 e. The number of hydrogen-bond donors (Lipinski definition) is 2. The molecule has 0 saturated carbocycles. The van der Waals surface area contributed by atoms with Crippen molar-refractivity contribution in [2.45, 2.75) is 32.7 Å². The molecule has 156 valence electrons. The monoisotopic (exact) mass is 417 g/mol. The molecule has 2 heterocycles. The molecule has 1 fully saturated rings. The number of carbonyl (C=O) groups excluding carboxylic acids is 2. The Morgan fingerprint density at radius 3 is 2.55 bits per heavy atom. The Morgan fingerprint density at radius 2 is 1.86 bits per heavy atom. The second-order valence-electron chi connectivity index (χ2n) is 7.38. The fraction of sp³-hybridized carbons (Fsp3) is 0.500. The largest absolute Gasteiger partial charge is 0.378 e. The number of urea groups is 1. The van der Waals surface area contributed by atoms with E-state index in [1.165, 1.54) is 11.3 Å². The van der Waals surface area contributed by atoms with Gasteiger partial charge in [0.25, 0.3) is 0 Å². The molecule has 1 aromatic carbocycles. The first-order chi connectivity index (χ1) is 14.0. The summed E-state index contributed by atoms with van der Waals surface area (Å²) >= 11 is 1.37. The van der Waals surface area contributed by atoms with Crippen molar-refractivity contribution in [2.75, 3.05) is 31.6 Å². The Bertz CT molecular complexity index is 805. The van der Waals surface area contributed by atoms with Gasteiger partial charge in [0.05, 0.1) is 13.2 Å². The topological polar surface area (TPSA) is 96.4 Å². The summed E-state index contributed by atoms with van der Waals surface area (Å²) in [6.45, 7) is 6.26. The van der Waals surface area contributed by atoms with Crippen LogP contribution in [0.15, 0.2) is 30.3 Å². The zero-order valence-corrected chi connectivity index (χ0v) is 17.6. The number of amides is 3. The lowest BCUT2D eigenvalue weighted by Crippen LogP contribution is -2.53. The van der Waals surface area contributed by atoms with Crippen LogP contribution in [0.3, 0.4) is 0 Å². The van der Waals surface area contributed by atoms with Crippen LogP contribution in [-0.4, -0.2) is 59.4 Å². The van der Waals surface area contributed by atoms with E-state index in [9.17, 15) is 9.59 Å². The highest BCUT2D eigenvalue weighted by atomic mass is 32.1. The normalized spacial score (nSPS) is 15.2. The van der Waals surface area contributed by atoms with E-state index in [1.807, 2.05) is 30.3 Å². The van der Waals surface area contributed by atoms with Gasteiger partial charge >= 0.3 is 6.03 Å². The number of nitrogens with zero attached hydrogens (tertiary/aromatic N) is 3. The van der Waals surface area contributed by atoms with E-state index in [1.54, 1.807) is 4.90 Å². The van der Waals surface area contributed by atoms with Crippen molar-refractivity contribution >= 4 is 28.4 Å². The number of anilines is 1. The van der Waals surface area contributed by atoms with Crippen molar-refractivity contribution in [1.82, 2.24) is 20.4 Å². The first kappa shape index (κ1) is 21.2. The van der Waals surface area contributed by atoms with Gasteiger partial charge in [-0.15, -0.1) is 10.2 Å². The summed E-state index contributed by atoms with van der Waals surface area (Å²) in [5.41, 5.74) is 0.965. The SMILES string of the molecule is CC(C)Cc1nnc(NC(=O)C(Cc2ccccc2)NC(=O)N2CCOCC2)s1. The van der Waals surface area contributed by atoms with Gasteiger partial charge in [-0.05, 0) is 11.5 Å². The lowest BCUT2D eigenvalue weighted by molar-refractivity contribution is -0.118. The predicted octanol–water partition coefficient (Wildman–Crippen LogP) is 2.33. The van der Waals surface area contributed by atoms with Crippen LogP contribution in [0, 0.1) is 5.92 Å². The number of rotatable bonds is 7. The van der Waals surface area contributed by atoms with Gasteiger partial charge in [0.2, 0.25) is 11.0 Å². The van der Waals surface area contributed by atoms with Crippen molar-refractivity contribution in [3.63, 3.8) is 0 Å². The maximum atomic E-state index is 12.9. The van der Waals surface area contributed by atoms with Crippen molar-refractivity contribution in [3.05, 3.63) is 40.9 Å². The summed E-state index contributed by atoms with van der Waals surface area (Å²) in [4.78, 5) is 27.2. The van der Waals surface area contributed by atoms with Gasteiger partial charge in [-0.3, -0.25) is 10.1 Å². The highest BCUT2D eigenvalue weighted by Gasteiger charge is 2.26. The Labute approximate surface area is 174 Å². The van der Waals surface area contributed by atoms with Crippen LogP contribution in [-0.2, 0) is 22.4 Å². The Balaban J connectivity index is 1.68. The minimum Gasteiger partial charge on any atom is -0.378 e. The average Bonchev–Trinajstić information content (AvgIpc) is 3.14. The Hall–Kier alpha value is -2.52. The minimum atomic E-state index is -0.717. The predicted molar refractivity (Wildman–Crippen MR) is 112 cm³/mol. The number of aromatic nitrogens is 2. The molecule has 0 bridgehead atoms. The lowest BCUT2D eigenvalue weighted by atomic mass is 10.1. The molecule has 3 rings (SSSR count). The molecule has 9 heteroatoms. The maximum absolute atomic E-state index is 12.9. The first-order valence-corrected chi connectivity index (χ1v) is 10.6. The van der Waals surface area contributed by atoms with E-state index in [-0.39, 0.29) is 11.9 Å². The first-order valence-electron chi connectivity index (χ1n) is 9.81. The summed E-state index contributed by atoms with van der Waals surface area (Å²) in [7, 11) is 0. The van der Waals surface area contributed by atoms with Crippen molar-refractivity contribution < 1.29 is 14.3 Å². The summed E-state index contributed by atoms with van der Waals surface area (Å²) in [5.74, 6) is 0.160. The van der Waals surface area contributed by atoms with E-state index in [0.29, 0.717) is 43.8 Å². The van der Waals surface area contributed by atoms with Crippen molar-refractivity contribution in [2.24, 2.45) is 5.92 Å². The Kier molecular flexibility index (Phi) is 7.54. The van der Waals surface area contributed by atoms with Gasteiger partial charge in [0, 0.05) is 25.9 Å². The van der Waals surface area contributed by atoms with E-state index < -0.39 is 6.04 Å². The molecule has 0 aliphatic carbocycles. The fourth-order valence-corrected chi connectivity index (χ4v) is 3.95. The highest BCUT2D eigenvalue weighted by Crippen LogP contribution is 2.19. The second-order valence-corrected chi connectivity index (χ2v) is 8.44. The second kappa shape index (κ2) is 10.3. The van der Waals surface area contributed by atoms with Crippen LogP contribution < -0.4 is 10.6 Å². The van der Waals surface area contributed by atoms with Crippen LogP contribution in [0.5, 0.6) is 0 Å². The van der Waals surface area contributed by atoms with E-state index in [4.69, 9.17) is 4.74 Å². The van der Waals surface area contributed by atoms with Crippen LogP contribution in [0.4, 0.5) is 9.93 Å². The van der Waals surface area contributed by atoms with Gasteiger partial charge in [0.15, 0.2) is 0 Å². The molecule has 1 aliphatic heterocycles. The average molecular weight is 418 g/mol. The van der Waals surface area contributed by atoms with E-state index >= 15 is 0 Å². The molecule has 0 spiro atoms. The quantitative estimate of drug-likeness (QED) is 0.721. The molecular formula is C20H27N5O3S. The standard InChI is InChI=1S/C20H27N5O3S/c1-14(2)12-17-23-24-19(29-17)22-18(26)16(13-15-6-4-3-5-7-15)21-20(27)25-8-10-28-11-9-25/h3-7,14,16H,8-13H2,1-2H3,(H,21,27)(H,22,24,26). The molecule has 1 atom stereocenters. The molecule has 1 unspecified atom stereocenters. The van der Waals surface area contributed by atoms with Crippen LogP contribution >= 0.6 is 11.3 Å². The fourth-order valence-electron chi connectivity index (χ4n) is 2.99. The van der Waals surface area contributed by atoms with Crippen LogP contribution in [0.2, 0.25) is 0 Å². The number of morpholine rings is 1. The lowest BCUT2D eigenvalue weighted by Gasteiger charge is -2.29. The molecule has 1 aliphatic rings. The molecular weight excluding hydrogens is 390 g/mol. The third-order valence-electron chi connectivity index (χ3n) is 4.47. The number of benzene rings is 1. The molecule has 8 nitrogen and oxygen atoms in total. The third-order valence-corrected chi connectivity index (χ3v) is 5.34. The Morgan fingerprint density at radius 1 is 1.14 bits per heavy atom.